The lowest BCUT2D eigenvalue weighted by atomic mass is 10.1. The molecule has 0 saturated carbocycles. The van der Waals surface area contributed by atoms with Crippen molar-refractivity contribution >= 4 is 33.6 Å². The van der Waals surface area contributed by atoms with E-state index >= 15 is 0 Å². The molecule has 0 atom stereocenters. The van der Waals surface area contributed by atoms with Gasteiger partial charge in [0.25, 0.3) is 5.91 Å². The molecule has 27 heavy (non-hydrogen) atoms. The number of nitriles is 1. The van der Waals surface area contributed by atoms with Crippen LogP contribution in [0.2, 0.25) is 0 Å². The van der Waals surface area contributed by atoms with Gasteiger partial charge in [0.1, 0.15) is 17.5 Å². The van der Waals surface area contributed by atoms with Gasteiger partial charge in [-0.1, -0.05) is 15.9 Å². The lowest BCUT2D eigenvalue weighted by Gasteiger charge is -2.13. The van der Waals surface area contributed by atoms with Gasteiger partial charge in [-0.15, -0.1) is 0 Å². The van der Waals surface area contributed by atoms with Crippen molar-refractivity contribution in [3.8, 4) is 17.6 Å². The fourth-order valence-corrected chi connectivity index (χ4v) is 2.67. The molecule has 0 heterocycles. The molecule has 0 spiro atoms. The maximum absolute atomic E-state index is 13.0. The summed E-state index contributed by atoms with van der Waals surface area (Å²) in [5, 5.41) is 11.9. The van der Waals surface area contributed by atoms with Gasteiger partial charge in [0, 0.05) is 10.2 Å². The van der Waals surface area contributed by atoms with E-state index in [2.05, 4.69) is 21.2 Å². The van der Waals surface area contributed by atoms with E-state index in [1.54, 1.807) is 12.1 Å². The smallest absolute Gasteiger partial charge is 0.266 e. The van der Waals surface area contributed by atoms with Crippen LogP contribution in [0.1, 0.15) is 19.4 Å². The summed E-state index contributed by atoms with van der Waals surface area (Å²) in [6, 6.07) is 10.6. The van der Waals surface area contributed by atoms with Crippen molar-refractivity contribution in [2.75, 3.05) is 18.5 Å². The monoisotopic (exact) mass is 432 g/mol. The average molecular weight is 433 g/mol. The number of benzene rings is 2. The molecule has 2 rings (SSSR count). The number of rotatable bonds is 7. The molecule has 0 bridgehead atoms. The van der Waals surface area contributed by atoms with Gasteiger partial charge in [0.05, 0.1) is 13.2 Å². The second-order valence-electron chi connectivity index (χ2n) is 5.32. The first kappa shape index (κ1) is 20.5. The van der Waals surface area contributed by atoms with Gasteiger partial charge in [-0.3, -0.25) is 4.79 Å². The van der Waals surface area contributed by atoms with Crippen molar-refractivity contribution < 1.29 is 18.7 Å². The maximum atomic E-state index is 13.0. The highest BCUT2D eigenvalue weighted by molar-refractivity contribution is 9.10. The Kier molecular flexibility index (Phi) is 7.38. The Balaban J connectivity index is 2.32. The first-order valence-electron chi connectivity index (χ1n) is 8.26. The minimum atomic E-state index is -0.595. The van der Waals surface area contributed by atoms with Crippen LogP contribution in [-0.2, 0) is 4.79 Å². The third kappa shape index (κ3) is 5.56. The van der Waals surface area contributed by atoms with Crippen LogP contribution in [0.4, 0.5) is 10.1 Å². The molecule has 0 radical (unpaired) electrons. The highest BCUT2D eigenvalue weighted by Gasteiger charge is 2.14. The first-order valence-corrected chi connectivity index (χ1v) is 9.05. The number of hydrogen-bond acceptors (Lipinski definition) is 4. The Labute approximate surface area is 165 Å². The summed E-state index contributed by atoms with van der Waals surface area (Å²) in [4.78, 5) is 12.4. The number of nitrogens with zero attached hydrogens (tertiary/aromatic N) is 1. The van der Waals surface area contributed by atoms with Gasteiger partial charge in [-0.25, -0.2) is 4.39 Å². The molecule has 0 aromatic heterocycles. The Morgan fingerprint density at radius 2 is 1.78 bits per heavy atom. The number of halogens is 2. The van der Waals surface area contributed by atoms with Gasteiger partial charge in [0.15, 0.2) is 11.5 Å². The predicted octanol–water partition coefficient (Wildman–Crippen LogP) is 4.93. The molecular formula is C20H18BrFN2O3. The summed E-state index contributed by atoms with van der Waals surface area (Å²) >= 11 is 3.42. The van der Waals surface area contributed by atoms with E-state index in [1.807, 2.05) is 19.9 Å². The van der Waals surface area contributed by atoms with Crippen molar-refractivity contribution in [1.29, 1.82) is 5.26 Å². The molecule has 140 valence electrons. The number of ether oxygens (including phenoxy) is 2. The third-order valence-corrected chi connectivity index (χ3v) is 4.12. The Hall–Kier alpha value is -2.85. The number of carbonyl (C=O) groups excluding carboxylic acids is 1. The highest BCUT2D eigenvalue weighted by Crippen LogP contribution is 2.35. The van der Waals surface area contributed by atoms with Crippen molar-refractivity contribution in [2.45, 2.75) is 13.8 Å². The summed E-state index contributed by atoms with van der Waals surface area (Å²) in [5.41, 5.74) is 0.877. The van der Waals surface area contributed by atoms with Gasteiger partial charge >= 0.3 is 0 Å². The highest BCUT2D eigenvalue weighted by atomic mass is 79.9. The van der Waals surface area contributed by atoms with Crippen LogP contribution in [0.15, 0.2) is 46.4 Å². The Bertz CT molecular complexity index is 889. The average Bonchev–Trinajstić information content (AvgIpc) is 2.65. The van der Waals surface area contributed by atoms with Crippen LogP contribution in [0, 0.1) is 17.1 Å². The van der Waals surface area contributed by atoms with Crippen LogP contribution in [0.5, 0.6) is 11.5 Å². The molecule has 0 aliphatic carbocycles. The van der Waals surface area contributed by atoms with Crippen molar-refractivity contribution in [2.24, 2.45) is 0 Å². The largest absolute Gasteiger partial charge is 0.490 e. The third-order valence-electron chi connectivity index (χ3n) is 3.43. The summed E-state index contributed by atoms with van der Waals surface area (Å²) in [7, 11) is 0. The molecule has 1 amide bonds. The van der Waals surface area contributed by atoms with Crippen LogP contribution < -0.4 is 14.8 Å². The van der Waals surface area contributed by atoms with E-state index in [0.717, 1.165) is 0 Å². The van der Waals surface area contributed by atoms with E-state index in [0.29, 0.717) is 40.4 Å². The molecular weight excluding hydrogens is 415 g/mol. The topological polar surface area (TPSA) is 71.3 Å². The fourth-order valence-electron chi connectivity index (χ4n) is 2.23. The maximum Gasteiger partial charge on any atom is 0.266 e. The minimum absolute atomic E-state index is 0.105. The molecule has 2 aromatic carbocycles. The molecule has 2 aromatic rings. The number of nitrogens with one attached hydrogen (secondary N) is 1. The predicted molar refractivity (Wildman–Crippen MR) is 105 cm³/mol. The van der Waals surface area contributed by atoms with Crippen LogP contribution >= 0.6 is 15.9 Å². The standard InChI is InChI=1S/C20H18BrFN2O3/c1-3-26-18-10-13(17(21)11-19(18)27-4-2)9-14(12-23)20(25)24-16-7-5-15(22)6-8-16/h5-11H,3-4H2,1-2H3,(H,24,25)/b14-9-. The molecule has 0 fully saturated rings. The lowest BCUT2D eigenvalue weighted by molar-refractivity contribution is -0.112. The zero-order valence-electron chi connectivity index (χ0n) is 14.9. The molecule has 1 N–H and O–H groups in total. The van der Waals surface area contributed by atoms with Crippen molar-refractivity contribution in [1.82, 2.24) is 0 Å². The summed E-state index contributed by atoms with van der Waals surface area (Å²) in [6.45, 7) is 4.64. The van der Waals surface area contributed by atoms with Crippen molar-refractivity contribution in [3.63, 3.8) is 0 Å². The van der Waals surface area contributed by atoms with E-state index in [-0.39, 0.29) is 5.57 Å². The second kappa shape index (κ2) is 9.74. The Morgan fingerprint density at radius 3 is 2.33 bits per heavy atom. The van der Waals surface area contributed by atoms with Gasteiger partial charge in [-0.05, 0) is 61.9 Å². The quantitative estimate of drug-likeness (QED) is 0.497. The summed E-state index contributed by atoms with van der Waals surface area (Å²) in [6.07, 6.45) is 1.45. The minimum Gasteiger partial charge on any atom is -0.490 e. The summed E-state index contributed by atoms with van der Waals surface area (Å²) < 4.78 is 24.7. The van der Waals surface area contributed by atoms with Crippen LogP contribution in [-0.4, -0.2) is 19.1 Å². The SMILES string of the molecule is CCOc1cc(Br)c(/C=C(/C#N)C(=O)Nc2ccc(F)cc2)cc1OCC. The number of carbonyl (C=O) groups is 1. The summed E-state index contributed by atoms with van der Waals surface area (Å²) in [5.74, 6) is 0.0800. The number of hydrogen-bond donors (Lipinski definition) is 1. The van der Waals surface area contributed by atoms with E-state index in [1.165, 1.54) is 30.3 Å². The van der Waals surface area contributed by atoms with Gasteiger partial charge in [-0.2, -0.15) is 5.26 Å². The molecule has 5 nitrogen and oxygen atoms in total. The van der Waals surface area contributed by atoms with Crippen LogP contribution in [0.25, 0.3) is 6.08 Å². The normalized spacial score (nSPS) is 10.9. The fraction of sp³-hybridized carbons (Fsp3) is 0.200. The molecule has 0 unspecified atom stereocenters. The molecule has 0 saturated heterocycles. The lowest BCUT2D eigenvalue weighted by Crippen LogP contribution is -2.13. The van der Waals surface area contributed by atoms with Gasteiger partial charge < -0.3 is 14.8 Å². The molecule has 0 aliphatic rings. The van der Waals surface area contributed by atoms with Gasteiger partial charge in [0.2, 0.25) is 0 Å². The zero-order chi connectivity index (χ0) is 19.8. The van der Waals surface area contributed by atoms with E-state index in [9.17, 15) is 14.4 Å². The number of anilines is 1. The van der Waals surface area contributed by atoms with Crippen molar-refractivity contribution in [3.05, 3.63) is 57.8 Å². The van der Waals surface area contributed by atoms with E-state index < -0.39 is 11.7 Å². The van der Waals surface area contributed by atoms with Crippen LogP contribution in [0.3, 0.4) is 0 Å². The first-order chi connectivity index (χ1) is 13.0. The Morgan fingerprint density at radius 1 is 1.19 bits per heavy atom. The van der Waals surface area contributed by atoms with E-state index in [4.69, 9.17) is 9.47 Å². The second-order valence-corrected chi connectivity index (χ2v) is 6.17. The number of amides is 1. The zero-order valence-corrected chi connectivity index (χ0v) is 16.5. The molecule has 7 heteroatoms. The molecule has 0 aliphatic heterocycles.